The molecule has 0 amide bonds. The number of rotatable bonds is 19. The lowest BCUT2D eigenvalue weighted by atomic mass is 10.1. The molecule has 3 N–H and O–H groups in total. The predicted octanol–water partition coefficient (Wildman–Crippen LogP) is 3.53. The van der Waals surface area contributed by atoms with Crippen LogP contribution in [0.25, 0.3) is 0 Å². The van der Waals surface area contributed by atoms with Crippen molar-refractivity contribution in [3.63, 3.8) is 0 Å². The van der Waals surface area contributed by atoms with Crippen LogP contribution in [0.2, 0.25) is 0 Å². The normalized spacial score (nSPS) is 11.3. The number of carboxylic acids is 3. The van der Waals surface area contributed by atoms with Gasteiger partial charge in [-0.25, -0.2) is 14.4 Å². The first kappa shape index (κ1) is 25.1. The molecule has 7 heteroatoms. The Kier molecular flexibility index (Phi) is 14.1. The number of hydrogen-bond acceptors (Lipinski definition) is 3. The van der Waals surface area contributed by atoms with Gasteiger partial charge in [0.05, 0.1) is 6.54 Å². The average Bonchev–Trinajstić information content (AvgIpc) is 2.53. The zero-order valence-electron chi connectivity index (χ0n) is 16.4. The molecule has 0 heterocycles. The van der Waals surface area contributed by atoms with E-state index in [0.717, 1.165) is 25.7 Å². The van der Waals surface area contributed by atoms with E-state index >= 15 is 0 Å². The fourth-order valence-corrected chi connectivity index (χ4v) is 3.42. The number of aliphatic carboxylic acids is 3. The molecule has 0 atom stereocenters. The Morgan fingerprint density at radius 2 is 0.963 bits per heavy atom. The van der Waals surface area contributed by atoms with Crippen molar-refractivity contribution in [2.45, 2.75) is 70.6 Å². The smallest absolute Gasteiger partial charge is 0.359 e. The van der Waals surface area contributed by atoms with Gasteiger partial charge in [-0.3, -0.25) is 4.48 Å². The van der Waals surface area contributed by atoms with Gasteiger partial charge < -0.3 is 15.3 Å². The second kappa shape index (κ2) is 15.2. The van der Waals surface area contributed by atoms with Crippen molar-refractivity contribution < 1.29 is 34.2 Å². The zero-order chi connectivity index (χ0) is 20.5. The third-order valence-corrected chi connectivity index (χ3v) is 4.70. The molecule has 7 nitrogen and oxygen atoms in total. The number of allylic oxidation sites excluding steroid dienone is 1. The van der Waals surface area contributed by atoms with Gasteiger partial charge in [0.1, 0.15) is 0 Å². The SMILES string of the molecule is C=CCCCCCCCCCCCC[N+](CC(=O)O)(CC(=O)O)CC(=O)O. The van der Waals surface area contributed by atoms with E-state index in [9.17, 15) is 14.4 Å². The van der Waals surface area contributed by atoms with Crippen LogP contribution in [0.5, 0.6) is 0 Å². The van der Waals surface area contributed by atoms with Gasteiger partial charge in [0.25, 0.3) is 0 Å². The van der Waals surface area contributed by atoms with E-state index in [4.69, 9.17) is 15.3 Å². The molecule has 0 aliphatic carbocycles. The summed E-state index contributed by atoms with van der Waals surface area (Å²) in [6.07, 6.45) is 14.0. The quantitative estimate of drug-likeness (QED) is 0.178. The maximum Gasteiger partial charge on any atom is 0.359 e. The minimum Gasteiger partial charge on any atom is -0.477 e. The summed E-state index contributed by atoms with van der Waals surface area (Å²) >= 11 is 0. The van der Waals surface area contributed by atoms with Crippen LogP contribution in [0.15, 0.2) is 12.7 Å². The summed E-state index contributed by atoms with van der Waals surface area (Å²) in [7, 11) is 0. The molecule has 0 aliphatic heterocycles. The predicted molar refractivity (Wildman–Crippen MR) is 104 cm³/mol. The van der Waals surface area contributed by atoms with Gasteiger partial charge >= 0.3 is 17.9 Å². The lowest BCUT2D eigenvalue weighted by Crippen LogP contribution is -2.57. The van der Waals surface area contributed by atoms with E-state index in [-0.39, 0.29) is 6.54 Å². The topological polar surface area (TPSA) is 112 Å². The van der Waals surface area contributed by atoms with Crippen molar-refractivity contribution in [1.29, 1.82) is 0 Å². The first-order chi connectivity index (χ1) is 12.8. The molecule has 0 aromatic carbocycles. The van der Waals surface area contributed by atoms with E-state index in [1.54, 1.807) is 0 Å². The summed E-state index contributed by atoms with van der Waals surface area (Å²) in [6.45, 7) is 2.53. The third-order valence-electron chi connectivity index (χ3n) is 4.70. The van der Waals surface area contributed by atoms with Gasteiger partial charge in [-0.15, -0.1) is 6.58 Å². The van der Waals surface area contributed by atoms with Crippen LogP contribution >= 0.6 is 0 Å². The summed E-state index contributed by atoms with van der Waals surface area (Å²) < 4.78 is -0.440. The molecule has 0 aliphatic rings. The molecule has 0 rings (SSSR count). The second-order valence-electron chi connectivity index (χ2n) is 7.33. The van der Waals surface area contributed by atoms with E-state index in [0.29, 0.717) is 6.42 Å². The highest BCUT2D eigenvalue weighted by Gasteiger charge is 2.35. The number of carbonyl (C=O) groups is 3. The Balaban J connectivity index is 4.07. The summed E-state index contributed by atoms with van der Waals surface area (Å²) in [6, 6.07) is 0. The molecule has 0 aromatic rings. The summed E-state index contributed by atoms with van der Waals surface area (Å²) in [5.74, 6) is -3.53. The van der Waals surface area contributed by atoms with Crippen molar-refractivity contribution in [3.05, 3.63) is 12.7 Å². The molecule has 156 valence electrons. The van der Waals surface area contributed by atoms with E-state index < -0.39 is 42.0 Å². The first-order valence-electron chi connectivity index (χ1n) is 9.93. The summed E-state index contributed by atoms with van der Waals surface area (Å²) in [4.78, 5) is 33.3. The summed E-state index contributed by atoms with van der Waals surface area (Å²) in [5, 5.41) is 27.2. The highest BCUT2D eigenvalue weighted by atomic mass is 16.4. The van der Waals surface area contributed by atoms with Crippen LogP contribution in [0, 0.1) is 0 Å². The Morgan fingerprint density at radius 1 is 0.630 bits per heavy atom. The van der Waals surface area contributed by atoms with Crippen LogP contribution in [0.4, 0.5) is 0 Å². The van der Waals surface area contributed by atoms with Crippen LogP contribution in [0.3, 0.4) is 0 Å². The molecule has 0 unspecified atom stereocenters. The van der Waals surface area contributed by atoms with E-state index in [1.807, 2.05) is 6.08 Å². The largest absolute Gasteiger partial charge is 0.477 e. The Bertz CT molecular complexity index is 423. The van der Waals surface area contributed by atoms with Crippen LogP contribution in [0.1, 0.15) is 70.6 Å². The molecule has 0 aromatic heterocycles. The molecule has 0 fully saturated rings. The lowest BCUT2D eigenvalue weighted by molar-refractivity contribution is -0.907. The van der Waals surface area contributed by atoms with Crippen molar-refractivity contribution in [1.82, 2.24) is 0 Å². The molecular formula is C20H36NO6+. The van der Waals surface area contributed by atoms with Gasteiger partial charge in [0.2, 0.25) is 0 Å². The first-order valence-corrected chi connectivity index (χ1v) is 9.93. The minimum atomic E-state index is -1.18. The van der Waals surface area contributed by atoms with Crippen LogP contribution in [-0.2, 0) is 14.4 Å². The maximum atomic E-state index is 11.1. The number of unbranched alkanes of at least 4 members (excludes halogenated alkanes) is 10. The maximum absolute atomic E-state index is 11.1. The van der Waals surface area contributed by atoms with E-state index in [1.165, 1.54) is 38.5 Å². The monoisotopic (exact) mass is 386 g/mol. The van der Waals surface area contributed by atoms with Crippen LogP contribution < -0.4 is 0 Å². The number of quaternary nitrogens is 1. The Morgan fingerprint density at radius 3 is 1.30 bits per heavy atom. The second-order valence-corrected chi connectivity index (χ2v) is 7.33. The van der Waals surface area contributed by atoms with Crippen molar-refractivity contribution in [2.24, 2.45) is 0 Å². The highest BCUT2D eigenvalue weighted by molar-refractivity contribution is 5.73. The van der Waals surface area contributed by atoms with Gasteiger partial charge in [0.15, 0.2) is 19.6 Å². The standard InChI is InChI=1S/C20H35NO6/c1-2-3-4-5-6-7-8-9-10-11-12-13-14-21(15-18(22)23,16-19(24)25)17-20(26)27/h2H,1,3-17H2,(H2-,22,23,24,25,26,27)/p+1. The lowest BCUT2D eigenvalue weighted by Gasteiger charge is -2.34. The summed E-state index contributed by atoms with van der Waals surface area (Å²) in [5.41, 5.74) is 0. The minimum absolute atomic E-state index is 0.258. The number of hydrogen-bond donors (Lipinski definition) is 3. The van der Waals surface area contributed by atoms with Gasteiger partial charge in [0, 0.05) is 0 Å². The molecule has 0 bridgehead atoms. The van der Waals surface area contributed by atoms with Crippen LogP contribution in [-0.4, -0.2) is 63.9 Å². The fraction of sp³-hybridized carbons (Fsp3) is 0.750. The number of nitrogens with zero attached hydrogens (tertiary/aromatic N) is 1. The number of carboxylic acid groups (broad SMARTS) is 3. The van der Waals surface area contributed by atoms with Crippen molar-refractivity contribution >= 4 is 17.9 Å². The van der Waals surface area contributed by atoms with Crippen molar-refractivity contribution in [3.8, 4) is 0 Å². The molecule has 0 saturated carbocycles. The zero-order valence-corrected chi connectivity index (χ0v) is 16.4. The molecule has 0 radical (unpaired) electrons. The Hall–Kier alpha value is -1.89. The van der Waals surface area contributed by atoms with Gasteiger partial charge in [-0.1, -0.05) is 51.0 Å². The fourth-order valence-electron chi connectivity index (χ4n) is 3.42. The third kappa shape index (κ3) is 14.9. The molecular weight excluding hydrogens is 350 g/mol. The molecule has 0 spiro atoms. The molecule has 27 heavy (non-hydrogen) atoms. The highest BCUT2D eigenvalue weighted by Crippen LogP contribution is 2.14. The average molecular weight is 387 g/mol. The van der Waals surface area contributed by atoms with Crippen molar-refractivity contribution in [2.75, 3.05) is 26.2 Å². The molecule has 0 saturated heterocycles. The van der Waals surface area contributed by atoms with E-state index in [2.05, 4.69) is 6.58 Å². The Labute approximate surface area is 162 Å². The van der Waals surface area contributed by atoms with Gasteiger partial charge in [-0.2, -0.15) is 0 Å². The van der Waals surface area contributed by atoms with Gasteiger partial charge in [-0.05, 0) is 25.7 Å².